The number of ether oxygens (including phenoxy) is 2. The molecule has 2 aromatic rings. The molecule has 0 aliphatic carbocycles. The van der Waals surface area contributed by atoms with Gasteiger partial charge in [-0.25, -0.2) is 4.79 Å². The smallest absolute Gasteiger partial charge is 0.443 e. The number of hydrogen-bond acceptors (Lipinski definition) is 8. The molecule has 0 unspecified atom stereocenters. The summed E-state index contributed by atoms with van der Waals surface area (Å²) in [6.45, 7) is 8.15. The Morgan fingerprint density at radius 2 is 1.93 bits per heavy atom. The first kappa shape index (κ1) is 21.8. The molecule has 0 saturated carbocycles. The van der Waals surface area contributed by atoms with Crippen molar-refractivity contribution in [3.63, 3.8) is 0 Å². The Morgan fingerprint density at radius 3 is 2.52 bits per heavy atom. The Morgan fingerprint density at radius 1 is 1.28 bits per heavy atom. The fourth-order valence-corrected chi connectivity index (χ4v) is 4.11. The minimum Gasteiger partial charge on any atom is -0.443 e. The van der Waals surface area contributed by atoms with Crippen molar-refractivity contribution in [2.75, 3.05) is 44.8 Å². The van der Waals surface area contributed by atoms with Crippen LogP contribution in [0.4, 0.5) is 9.80 Å². The molecule has 0 radical (unpaired) electrons. The van der Waals surface area contributed by atoms with Crippen molar-refractivity contribution in [2.24, 2.45) is 0 Å². The van der Waals surface area contributed by atoms with Crippen molar-refractivity contribution in [3.8, 4) is 0 Å². The predicted molar refractivity (Wildman–Crippen MR) is 112 cm³/mol. The second kappa shape index (κ2) is 8.45. The minimum absolute atomic E-state index is 0.0225. The molecule has 0 aromatic carbocycles. The molecule has 3 rings (SSSR count). The van der Waals surface area contributed by atoms with Crippen LogP contribution in [0.15, 0.2) is 12.1 Å². The van der Waals surface area contributed by atoms with Gasteiger partial charge < -0.3 is 24.4 Å². The van der Waals surface area contributed by atoms with Crippen LogP contribution in [0.3, 0.4) is 0 Å². The Hall–Kier alpha value is -1.92. The van der Waals surface area contributed by atoms with Crippen LogP contribution in [0.25, 0.3) is 10.2 Å². The van der Waals surface area contributed by atoms with Gasteiger partial charge in [0.05, 0.1) is 35.6 Å². The maximum Gasteiger partial charge on any atom is 0.506 e. The molecular weight excluding hydrogens is 397 g/mol. The van der Waals surface area contributed by atoms with Crippen LogP contribution < -0.4 is 10.5 Å². The number of hydrogen-bond donors (Lipinski definition) is 2. The number of anilines is 1. The number of likely N-dealkylation sites (N-methyl/N-ethyl adjacent to an activating group) is 1. The fraction of sp³-hybridized carbons (Fsp3) is 0.556. The topological polar surface area (TPSA) is 104 Å². The highest BCUT2D eigenvalue weighted by atomic mass is 32.1. The fourth-order valence-electron chi connectivity index (χ4n) is 3.04. The van der Waals surface area contributed by atoms with Crippen molar-refractivity contribution >= 4 is 51.3 Å². The van der Waals surface area contributed by atoms with E-state index in [9.17, 15) is 19.6 Å². The van der Waals surface area contributed by atoms with Crippen LogP contribution in [0.2, 0.25) is 0 Å². The molecule has 158 valence electrons. The molecule has 1 fully saturated rings. The number of carbonyl (C=O) groups excluding carboxylic acids is 2. The highest BCUT2D eigenvalue weighted by molar-refractivity contribution is 7.23. The van der Waals surface area contributed by atoms with Crippen LogP contribution >= 0.6 is 11.3 Å². The highest BCUT2D eigenvalue weighted by Gasteiger charge is 2.29. The summed E-state index contributed by atoms with van der Waals surface area (Å²) < 4.78 is 12.5. The number of morpholine rings is 1. The van der Waals surface area contributed by atoms with Crippen molar-refractivity contribution in [2.45, 2.75) is 26.4 Å². The summed E-state index contributed by atoms with van der Waals surface area (Å²) in [4.78, 5) is 28.9. The molecular formula is C18H26BN3O6S. The first-order valence-electron chi connectivity index (χ1n) is 9.38. The van der Waals surface area contributed by atoms with E-state index >= 15 is 0 Å². The van der Waals surface area contributed by atoms with Gasteiger partial charge in [-0.2, -0.15) is 0 Å². The summed E-state index contributed by atoms with van der Waals surface area (Å²) in [5.74, 6) is -0.0676. The monoisotopic (exact) mass is 423 g/mol. The van der Waals surface area contributed by atoms with E-state index in [0.29, 0.717) is 41.5 Å². The molecule has 1 amide bonds. The second-order valence-corrected chi connectivity index (χ2v) is 9.00. The van der Waals surface area contributed by atoms with E-state index in [1.807, 2.05) is 4.90 Å². The normalized spacial score (nSPS) is 15.5. The van der Waals surface area contributed by atoms with Gasteiger partial charge in [0.15, 0.2) is 0 Å². The van der Waals surface area contributed by atoms with E-state index in [1.54, 1.807) is 38.8 Å². The molecule has 11 heteroatoms. The zero-order valence-corrected chi connectivity index (χ0v) is 17.9. The lowest BCUT2D eigenvalue weighted by Crippen LogP contribution is -2.43. The summed E-state index contributed by atoms with van der Waals surface area (Å²) in [5, 5.41) is 20.0. The Labute approximate surface area is 173 Å². The zero-order chi connectivity index (χ0) is 21.3. The third kappa shape index (κ3) is 4.99. The average molecular weight is 423 g/mol. The number of carbonyl (C=O) groups is 2. The highest BCUT2D eigenvalue weighted by Crippen LogP contribution is 2.33. The van der Waals surface area contributed by atoms with Gasteiger partial charge in [-0.3, -0.25) is 14.3 Å². The average Bonchev–Trinajstić information content (AvgIpc) is 3.18. The molecule has 3 heterocycles. The molecule has 0 bridgehead atoms. The van der Waals surface area contributed by atoms with Crippen LogP contribution in [-0.4, -0.2) is 84.1 Å². The number of nitrogens with zero attached hydrogens (tertiary/aromatic N) is 3. The summed E-state index contributed by atoms with van der Waals surface area (Å²) >= 11 is 1.29. The summed E-state index contributed by atoms with van der Waals surface area (Å²) in [5.41, 5.74) is -0.252. The van der Waals surface area contributed by atoms with Gasteiger partial charge in [0.2, 0.25) is 5.91 Å². The number of fused-ring (bicyclic) bond motifs is 1. The Kier molecular flexibility index (Phi) is 6.34. The van der Waals surface area contributed by atoms with Crippen LogP contribution in [0, 0.1) is 0 Å². The van der Waals surface area contributed by atoms with E-state index in [1.165, 1.54) is 17.4 Å². The lowest BCUT2D eigenvalue weighted by atomic mass is 9.86. The van der Waals surface area contributed by atoms with Gasteiger partial charge in [0.1, 0.15) is 10.6 Å². The van der Waals surface area contributed by atoms with Gasteiger partial charge in [-0.1, -0.05) is 0 Å². The van der Waals surface area contributed by atoms with Crippen LogP contribution in [-0.2, 0) is 14.3 Å². The summed E-state index contributed by atoms with van der Waals surface area (Å²) in [6.07, 6.45) is -0.706. The number of aromatic nitrogens is 1. The van der Waals surface area contributed by atoms with Gasteiger partial charge in [0, 0.05) is 20.1 Å². The molecule has 9 nitrogen and oxygen atoms in total. The lowest BCUT2D eigenvalue weighted by molar-refractivity contribution is -0.120. The third-order valence-electron chi connectivity index (χ3n) is 4.51. The molecule has 0 atom stereocenters. The van der Waals surface area contributed by atoms with Gasteiger partial charge in [-0.05, 0) is 32.9 Å². The summed E-state index contributed by atoms with van der Waals surface area (Å²) in [7, 11) is -0.140. The first-order valence-corrected chi connectivity index (χ1v) is 10.2. The maximum atomic E-state index is 12.7. The van der Waals surface area contributed by atoms with E-state index < -0.39 is 18.8 Å². The molecule has 2 N–H and O–H groups in total. The molecule has 1 saturated heterocycles. The second-order valence-electron chi connectivity index (χ2n) is 7.93. The van der Waals surface area contributed by atoms with E-state index in [-0.39, 0.29) is 18.0 Å². The van der Waals surface area contributed by atoms with Crippen molar-refractivity contribution in [1.29, 1.82) is 0 Å². The quantitative estimate of drug-likeness (QED) is 0.689. The Bertz CT molecular complexity index is 897. The number of rotatable bonds is 4. The standard InChI is InChI=1S/C18H26BN3O6S/c1-18(2,3)28-17(24)22-12-9-16(29-13(12)10-14(22)19(25)26)20(4)15(23)11-21-5-7-27-8-6-21/h9-10,25-26H,5-8,11H2,1-4H3. The molecule has 1 aliphatic rings. The van der Waals surface area contributed by atoms with Crippen LogP contribution in [0.1, 0.15) is 20.8 Å². The molecule has 0 spiro atoms. The SMILES string of the molecule is CN(C(=O)CN1CCOCC1)c1cc2c(cc(B(O)O)n2C(=O)OC(C)(C)C)s1. The Balaban J connectivity index is 1.87. The largest absolute Gasteiger partial charge is 0.506 e. The van der Waals surface area contributed by atoms with Crippen molar-refractivity contribution in [1.82, 2.24) is 9.47 Å². The van der Waals surface area contributed by atoms with Gasteiger partial charge in [0.25, 0.3) is 0 Å². The van der Waals surface area contributed by atoms with E-state index in [0.717, 1.165) is 4.57 Å². The van der Waals surface area contributed by atoms with Crippen molar-refractivity contribution < 1.29 is 29.1 Å². The number of thiophene rings is 1. The zero-order valence-electron chi connectivity index (χ0n) is 17.0. The summed E-state index contributed by atoms with van der Waals surface area (Å²) in [6, 6.07) is 3.21. The molecule has 29 heavy (non-hydrogen) atoms. The van der Waals surface area contributed by atoms with Crippen molar-refractivity contribution in [3.05, 3.63) is 12.1 Å². The van der Waals surface area contributed by atoms with E-state index in [4.69, 9.17) is 9.47 Å². The van der Waals surface area contributed by atoms with Gasteiger partial charge in [-0.15, -0.1) is 11.3 Å². The third-order valence-corrected chi connectivity index (χ3v) is 5.66. The minimum atomic E-state index is -1.83. The van der Waals surface area contributed by atoms with Crippen LogP contribution in [0.5, 0.6) is 0 Å². The first-order chi connectivity index (χ1) is 13.6. The predicted octanol–water partition coefficient (Wildman–Crippen LogP) is 0.461. The molecule has 2 aromatic heterocycles. The molecule has 1 aliphatic heterocycles. The van der Waals surface area contributed by atoms with Gasteiger partial charge >= 0.3 is 13.2 Å². The maximum absolute atomic E-state index is 12.7. The number of amides is 1. The van der Waals surface area contributed by atoms with E-state index in [2.05, 4.69) is 0 Å². The lowest BCUT2D eigenvalue weighted by Gasteiger charge is -2.27.